The fourth-order valence-electron chi connectivity index (χ4n) is 2.82. The number of hydrogen-bond acceptors (Lipinski definition) is 7. The van der Waals surface area contributed by atoms with Crippen molar-refractivity contribution in [2.45, 2.75) is 20.0 Å². The molecule has 1 atom stereocenters. The number of aryl methyl sites for hydroxylation is 1. The van der Waals surface area contributed by atoms with Crippen LogP contribution in [0.1, 0.15) is 22.8 Å². The second-order valence-corrected chi connectivity index (χ2v) is 8.01. The van der Waals surface area contributed by atoms with E-state index < -0.39 is 24.1 Å². The topological polar surface area (TPSA) is 90.9 Å². The molecule has 0 radical (unpaired) electrons. The lowest BCUT2D eigenvalue weighted by Gasteiger charge is -2.19. The first-order valence-corrected chi connectivity index (χ1v) is 10.7. The first kappa shape index (κ1) is 23.0. The Morgan fingerprint density at radius 3 is 2.47 bits per heavy atom. The molecule has 0 saturated heterocycles. The van der Waals surface area contributed by atoms with Crippen LogP contribution in [-0.4, -0.2) is 37.3 Å². The summed E-state index contributed by atoms with van der Waals surface area (Å²) in [6.07, 6.45) is -1.70. The molecule has 166 valence electrons. The number of esters is 2. The summed E-state index contributed by atoms with van der Waals surface area (Å²) in [5.74, 6) is -1.24. The van der Waals surface area contributed by atoms with Crippen LogP contribution in [0.2, 0.25) is 0 Å². The molecule has 0 saturated carbocycles. The molecule has 0 aliphatic heterocycles. The summed E-state index contributed by atoms with van der Waals surface area (Å²) in [6.45, 7) is 6.31. The van der Waals surface area contributed by atoms with Crippen LogP contribution >= 0.6 is 11.3 Å². The maximum Gasteiger partial charge on any atom is 0.412 e. The van der Waals surface area contributed by atoms with Gasteiger partial charge in [-0.15, -0.1) is 11.3 Å². The largest absolute Gasteiger partial charge is 0.458 e. The van der Waals surface area contributed by atoms with Crippen LogP contribution in [0.25, 0.3) is 10.8 Å². The number of carbonyl (C=O) groups is 3. The first-order chi connectivity index (χ1) is 15.3. The fraction of sp³-hybridized carbons (Fsp3) is 0.208. The molecule has 0 bridgehead atoms. The number of thiophene rings is 1. The van der Waals surface area contributed by atoms with Crippen LogP contribution in [0.15, 0.2) is 66.1 Å². The highest BCUT2D eigenvalue weighted by atomic mass is 32.1. The number of carbonyl (C=O) groups excluding carboxylic acids is 3. The van der Waals surface area contributed by atoms with Gasteiger partial charge in [-0.2, -0.15) is 0 Å². The van der Waals surface area contributed by atoms with Gasteiger partial charge in [-0.25, -0.2) is 14.4 Å². The van der Waals surface area contributed by atoms with Gasteiger partial charge in [0.2, 0.25) is 0 Å². The Morgan fingerprint density at radius 2 is 1.75 bits per heavy atom. The van der Waals surface area contributed by atoms with Crippen molar-refractivity contribution in [3.8, 4) is 0 Å². The van der Waals surface area contributed by atoms with E-state index in [4.69, 9.17) is 14.2 Å². The minimum atomic E-state index is -1.00. The van der Waals surface area contributed by atoms with Crippen molar-refractivity contribution in [3.63, 3.8) is 0 Å². The number of hydrogen-bond donors (Lipinski definition) is 1. The predicted molar refractivity (Wildman–Crippen MR) is 123 cm³/mol. The van der Waals surface area contributed by atoms with Gasteiger partial charge in [0, 0.05) is 5.57 Å². The van der Waals surface area contributed by atoms with E-state index >= 15 is 0 Å². The van der Waals surface area contributed by atoms with Crippen LogP contribution in [0, 0.1) is 6.92 Å². The number of ether oxygens (including phenoxy) is 3. The van der Waals surface area contributed by atoms with E-state index in [2.05, 4.69) is 11.9 Å². The smallest absolute Gasteiger partial charge is 0.412 e. The van der Waals surface area contributed by atoms with E-state index in [0.29, 0.717) is 10.6 Å². The quantitative estimate of drug-likeness (QED) is 0.290. The summed E-state index contributed by atoms with van der Waals surface area (Å²) < 4.78 is 15.9. The predicted octanol–water partition coefficient (Wildman–Crippen LogP) is 5.10. The molecule has 1 unspecified atom stereocenters. The van der Waals surface area contributed by atoms with Crippen LogP contribution in [-0.2, 0) is 19.0 Å². The molecule has 1 N–H and O–H groups in total. The average molecular weight is 454 g/mol. The fourth-order valence-corrected chi connectivity index (χ4v) is 3.63. The molecule has 0 aliphatic carbocycles. The van der Waals surface area contributed by atoms with Gasteiger partial charge in [0.05, 0.1) is 5.56 Å². The molecular formula is C24H23NO6S. The third kappa shape index (κ3) is 5.95. The van der Waals surface area contributed by atoms with Gasteiger partial charge < -0.3 is 14.2 Å². The van der Waals surface area contributed by atoms with Crippen molar-refractivity contribution in [3.05, 3.63) is 77.2 Å². The van der Waals surface area contributed by atoms with Gasteiger partial charge in [0.15, 0.2) is 6.10 Å². The van der Waals surface area contributed by atoms with Crippen molar-refractivity contribution in [1.82, 2.24) is 0 Å². The number of amides is 1. The zero-order chi connectivity index (χ0) is 23.1. The Bertz CT molecular complexity index is 1150. The minimum Gasteiger partial charge on any atom is -0.458 e. The molecule has 2 aromatic carbocycles. The Hall–Kier alpha value is -3.65. The Kier molecular flexibility index (Phi) is 7.62. The minimum absolute atomic E-state index is 0.205. The van der Waals surface area contributed by atoms with Crippen molar-refractivity contribution in [2.75, 3.05) is 18.5 Å². The van der Waals surface area contributed by atoms with Crippen molar-refractivity contribution in [2.24, 2.45) is 0 Å². The van der Waals surface area contributed by atoms with E-state index in [9.17, 15) is 14.4 Å². The summed E-state index contributed by atoms with van der Waals surface area (Å²) in [5.41, 5.74) is 1.47. The van der Waals surface area contributed by atoms with E-state index in [-0.39, 0.29) is 18.8 Å². The normalized spacial score (nSPS) is 11.4. The highest BCUT2D eigenvalue weighted by Crippen LogP contribution is 2.22. The summed E-state index contributed by atoms with van der Waals surface area (Å²) in [5, 5.41) is 6.75. The summed E-state index contributed by atoms with van der Waals surface area (Å²) >= 11 is 1.36. The van der Waals surface area contributed by atoms with Gasteiger partial charge in [-0.3, -0.25) is 5.32 Å². The summed E-state index contributed by atoms with van der Waals surface area (Å²) in [6, 6.07) is 14.6. The van der Waals surface area contributed by atoms with Gasteiger partial charge >= 0.3 is 18.0 Å². The second-order valence-electron chi connectivity index (χ2n) is 7.09. The van der Waals surface area contributed by atoms with Crippen molar-refractivity contribution >= 4 is 45.1 Å². The molecule has 32 heavy (non-hydrogen) atoms. The maximum absolute atomic E-state index is 12.9. The standard InChI is InChI=1S/C24H23NO6S/c1-15(2)22(26)29-13-18(14-30-24(28)25-21-16(3)11-12-32-21)31-23(27)20-10-6-8-17-7-4-5-9-19(17)20/h4-12,18H,1,13-14H2,2-3H3,(H,25,28). The molecule has 0 aliphatic rings. The van der Waals surface area contributed by atoms with Crippen LogP contribution in [0.3, 0.4) is 0 Å². The lowest BCUT2D eigenvalue weighted by Crippen LogP contribution is -2.32. The lowest BCUT2D eigenvalue weighted by molar-refractivity contribution is -0.142. The molecule has 0 fully saturated rings. The Labute approximate surface area is 189 Å². The Balaban J connectivity index is 1.69. The molecule has 1 heterocycles. The zero-order valence-electron chi connectivity index (χ0n) is 17.8. The van der Waals surface area contributed by atoms with Crippen LogP contribution in [0.4, 0.5) is 9.80 Å². The molecule has 1 amide bonds. The molecular weight excluding hydrogens is 430 g/mol. The highest BCUT2D eigenvalue weighted by molar-refractivity contribution is 7.14. The zero-order valence-corrected chi connectivity index (χ0v) is 18.6. The summed E-state index contributed by atoms with van der Waals surface area (Å²) in [4.78, 5) is 36.8. The number of rotatable bonds is 8. The third-order valence-electron chi connectivity index (χ3n) is 4.51. The van der Waals surface area contributed by atoms with Gasteiger partial charge in [0.1, 0.15) is 18.2 Å². The van der Waals surface area contributed by atoms with E-state index in [0.717, 1.165) is 16.3 Å². The van der Waals surface area contributed by atoms with Crippen molar-refractivity contribution in [1.29, 1.82) is 0 Å². The molecule has 0 spiro atoms. The van der Waals surface area contributed by atoms with Crippen molar-refractivity contribution < 1.29 is 28.6 Å². The van der Waals surface area contributed by atoms with Gasteiger partial charge in [-0.1, -0.05) is 43.0 Å². The molecule has 8 heteroatoms. The second kappa shape index (κ2) is 10.6. The van der Waals surface area contributed by atoms with Crippen LogP contribution < -0.4 is 5.32 Å². The average Bonchev–Trinajstić information content (AvgIpc) is 3.18. The lowest BCUT2D eigenvalue weighted by atomic mass is 10.0. The van der Waals surface area contributed by atoms with Gasteiger partial charge in [-0.05, 0) is 47.7 Å². The number of nitrogens with one attached hydrogen (secondary N) is 1. The van der Waals surface area contributed by atoms with E-state index in [1.54, 1.807) is 12.1 Å². The third-order valence-corrected chi connectivity index (χ3v) is 5.44. The van der Waals surface area contributed by atoms with E-state index in [1.165, 1.54) is 18.3 Å². The number of anilines is 1. The number of benzene rings is 2. The number of fused-ring (bicyclic) bond motifs is 1. The summed E-state index contributed by atoms with van der Waals surface area (Å²) in [7, 11) is 0. The molecule has 3 rings (SSSR count). The molecule has 7 nitrogen and oxygen atoms in total. The monoisotopic (exact) mass is 453 g/mol. The highest BCUT2D eigenvalue weighted by Gasteiger charge is 2.22. The SMILES string of the molecule is C=C(C)C(=O)OCC(COC(=O)Nc1sccc1C)OC(=O)c1cccc2ccccc12. The van der Waals surface area contributed by atoms with Gasteiger partial charge in [0.25, 0.3) is 0 Å². The maximum atomic E-state index is 12.9. The first-order valence-electron chi connectivity index (χ1n) is 9.84. The molecule has 3 aromatic rings. The molecule has 1 aromatic heterocycles. The van der Waals surface area contributed by atoms with Crippen LogP contribution in [0.5, 0.6) is 0 Å². The van der Waals surface area contributed by atoms with E-state index in [1.807, 2.05) is 48.7 Å². The Morgan fingerprint density at radius 1 is 1.03 bits per heavy atom.